The maximum atomic E-state index is 12.6. The zero-order valence-corrected chi connectivity index (χ0v) is 11.1. The molecule has 2 aromatic heterocycles. The summed E-state index contributed by atoms with van der Waals surface area (Å²) in [5.74, 6) is 1.21. The number of ether oxygens (including phenoxy) is 1. The molecule has 0 spiro atoms. The van der Waals surface area contributed by atoms with E-state index in [2.05, 4.69) is 4.98 Å². The monoisotopic (exact) mass is 292 g/mol. The minimum absolute atomic E-state index is 0.567. The highest BCUT2D eigenvalue weighted by Gasteiger charge is 2.30. The molecule has 0 amide bonds. The van der Waals surface area contributed by atoms with Crippen LogP contribution >= 0.6 is 0 Å². The number of aromatic nitrogens is 2. The molecule has 0 radical (unpaired) electrons. The van der Waals surface area contributed by atoms with Crippen LogP contribution in [0.4, 0.5) is 13.2 Å². The van der Waals surface area contributed by atoms with Gasteiger partial charge in [-0.05, 0) is 24.3 Å². The molecule has 108 valence electrons. The van der Waals surface area contributed by atoms with E-state index in [-0.39, 0.29) is 0 Å². The molecule has 6 heteroatoms. The van der Waals surface area contributed by atoms with Gasteiger partial charge in [-0.25, -0.2) is 4.98 Å². The Bertz CT molecular complexity index is 776. The van der Waals surface area contributed by atoms with Crippen LogP contribution in [0.1, 0.15) is 5.56 Å². The van der Waals surface area contributed by atoms with Crippen molar-refractivity contribution in [2.45, 2.75) is 6.18 Å². The first kappa shape index (κ1) is 13.5. The Hall–Kier alpha value is -2.50. The number of pyridine rings is 1. The summed E-state index contributed by atoms with van der Waals surface area (Å²) >= 11 is 0. The number of hydrogen-bond donors (Lipinski definition) is 0. The Morgan fingerprint density at radius 1 is 1.05 bits per heavy atom. The smallest absolute Gasteiger partial charge is 0.416 e. The van der Waals surface area contributed by atoms with E-state index in [0.29, 0.717) is 17.1 Å². The summed E-state index contributed by atoms with van der Waals surface area (Å²) < 4.78 is 44.7. The average Bonchev–Trinajstić information content (AvgIpc) is 2.89. The van der Waals surface area contributed by atoms with Crippen molar-refractivity contribution in [2.75, 3.05) is 7.11 Å². The SMILES string of the molecule is COc1ccc2cnc(-c3ccc(C(F)(F)F)cc3)n2c1. The van der Waals surface area contributed by atoms with Crippen LogP contribution in [0, 0.1) is 0 Å². The van der Waals surface area contributed by atoms with E-state index in [4.69, 9.17) is 4.74 Å². The molecule has 0 N–H and O–H groups in total. The van der Waals surface area contributed by atoms with Gasteiger partial charge in [-0.2, -0.15) is 13.2 Å². The van der Waals surface area contributed by atoms with E-state index in [1.54, 1.807) is 30.0 Å². The highest BCUT2D eigenvalue weighted by molar-refractivity contribution is 5.63. The lowest BCUT2D eigenvalue weighted by molar-refractivity contribution is -0.137. The number of alkyl halides is 3. The largest absolute Gasteiger partial charge is 0.495 e. The lowest BCUT2D eigenvalue weighted by Gasteiger charge is -2.08. The second-order valence-corrected chi connectivity index (χ2v) is 4.52. The number of benzene rings is 1. The van der Waals surface area contributed by atoms with E-state index < -0.39 is 11.7 Å². The van der Waals surface area contributed by atoms with Crippen molar-refractivity contribution in [3.63, 3.8) is 0 Å². The second kappa shape index (κ2) is 4.80. The number of methoxy groups -OCH3 is 1. The summed E-state index contributed by atoms with van der Waals surface area (Å²) in [4.78, 5) is 4.26. The van der Waals surface area contributed by atoms with Crippen LogP contribution in [0.3, 0.4) is 0 Å². The Morgan fingerprint density at radius 3 is 2.38 bits per heavy atom. The fourth-order valence-corrected chi connectivity index (χ4v) is 2.11. The topological polar surface area (TPSA) is 26.5 Å². The summed E-state index contributed by atoms with van der Waals surface area (Å²) in [5.41, 5.74) is 0.770. The van der Waals surface area contributed by atoms with Crippen molar-refractivity contribution in [1.82, 2.24) is 9.38 Å². The molecule has 0 saturated heterocycles. The summed E-state index contributed by atoms with van der Waals surface area (Å²) in [5, 5.41) is 0. The lowest BCUT2D eigenvalue weighted by atomic mass is 10.1. The molecule has 3 nitrogen and oxygen atoms in total. The second-order valence-electron chi connectivity index (χ2n) is 4.52. The standard InChI is InChI=1S/C15H11F3N2O/c1-21-13-7-6-12-8-19-14(20(12)9-13)10-2-4-11(5-3-10)15(16,17)18/h2-9H,1H3. The van der Waals surface area contributed by atoms with E-state index in [1.807, 2.05) is 6.07 Å². The van der Waals surface area contributed by atoms with Crippen molar-refractivity contribution < 1.29 is 17.9 Å². The minimum atomic E-state index is -4.34. The summed E-state index contributed by atoms with van der Waals surface area (Å²) in [6.07, 6.45) is -0.932. The zero-order chi connectivity index (χ0) is 15.0. The van der Waals surface area contributed by atoms with E-state index in [1.165, 1.54) is 12.1 Å². The molecule has 0 bridgehead atoms. The maximum Gasteiger partial charge on any atom is 0.416 e. The van der Waals surface area contributed by atoms with Gasteiger partial charge in [0.2, 0.25) is 0 Å². The van der Waals surface area contributed by atoms with Gasteiger partial charge < -0.3 is 4.74 Å². The lowest BCUT2D eigenvalue weighted by Crippen LogP contribution is -2.04. The van der Waals surface area contributed by atoms with E-state index in [9.17, 15) is 13.2 Å². The molecule has 0 fully saturated rings. The third-order valence-corrected chi connectivity index (χ3v) is 3.21. The molecule has 0 atom stereocenters. The molecule has 1 aromatic carbocycles. The molecular formula is C15H11F3N2O. The van der Waals surface area contributed by atoms with Crippen LogP contribution in [0.15, 0.2) is 48.8 Å². The van der Waals surface area contributed by atoms with Gasteiger partial charge >= 0.3 is 6.18 Å². The number of imidazole rings is 1. The van der Waals surface area contributed by atoms with Gasteiger partial charge in [-0.3, -0.25) is 4.40 Å². The van der Waals surface area contributed by atoms with Crippen LogP contribution in [0.25, 0.3) is 16.9 Å². The molecule has 0 aliphatic carbocycles. The van der Waals surface area contributed by atoms with Gasteiger partial charge in [0.1, 0.15) is 11.6 Å². The van der Waals surface area contributed by atoms with Crippen LogP contribution in [-0.2, 0) is 6.18 Å². The first-order chi connectivity index (χ1) is 9.99. The predicted molar refractivity (Wildman–Crippen MR) is 72.2 cm³/mol. The molecule has 0 unspecified atom stereocenters. The quantitative estimate of drug-likeness (QED) is 0.713. The molecule has 2 heterocycles. The molecule has 3 rings (SSSR count). The third kappa shape index (κ3) is 2.44. The average molecular weight is 292 g/mol. The van der Waals surface area contributed by atoms with Crippen molar-refractivity contribution in [3.05, 3.63) is 54.4 Å². The zero-order valence-electron chi connectivity index (χ0n) is 11.1. The molecular weight excluding hydrogens is 281 g/mol. The van der Waals surface area contributed by atoms with Gasteiger partial charge in [-0.15, -0.1) is 0 Å². The number of fused-ring (bicyclic) bond motifs is 1. The molecule has 21 heavy (non-hydrogen) atoms. The molecule has 0 saturated carbocycles. The first-order valence-corrected chi connectivity index (χ1v) is 6.18. The number of hydrogen-bond acceptors (Lipinski definition) is 2. The summed E-state index contributed by atoms with van der Waals surface area (Å²) in [6.45, 7) is 0. The van der Waals surface area contributed by atoms with Gasteiger partial charge in [0.15, 0.2) is 0 Å². The summed E-state index contributed by atoms with van der Waals surface area (Å²) in [7, 11) is 1.55. The predicted octanol–water partition coefficient (Wildman–Crippen LogP) is 4.03. The minimum Gasteiger partial charge on any atom is -0.495 e. The van der Waals surface area contributed by atoms with E-state index >= 15 is 0 Å². The van der Waals surface area contributed by atoms with Gasteiger partial charge in [0, 0.05) is 5.56 Å². The van der Waals surface area contributed by atoms with Gasteiger partial charge in [-0.1, -0.05) is 12.1 Å². The van der Waals surface area contributed by atoms with Crippen molar-refractivity contribution in [3.8, 4) is 17.1 Å². The Morgan fingerprint density at radius 2 is 1.76 bits per heavy atom. The van der Waals surface area contributed by atoms with E-state index in [0.717, 1.165) is 17.6 Å². The van der Waals surface area contributed by atoms with Crippen LogP contribution in [0.5, 0.6) is 5.75 Å². The van der Waals surface area contributed by atoms with Crippen LogP contribution in [-0.4, -0.2) is 16.5 Å². The first-order valence-electron chi connectivity index (χ1n) is 6.18. The maximum absolute atomic E-state index is 12.6. The fourth-order valence-electron chi connectivity index (χ4n) is 2.11. The Kier molecular flexibility index (Phi) is 3.08. The summed E-state index contributed by atoms with van der Waals surface area (Å²) in [6, 6.07) is 8.56. The Labute approximate surface area is 118 Å². The molecule has 3 aromatic rings. The van der Waals surface area contributed by atoms with Crippen molar-refractivity contribution >= 4 is 5.52 Å². The van der Waals surface area contributed by atoms with Gasteiger partial charge in [0.05, 0.1) is 30.6 Å². The third-order valence-electron chi connectivity index (χ3n) is 3.21. The van der Waals surface area contributed by atoms with Gasteiger partial charge in [0.25, 0.3) is 0 Å². The van der Waals surface area contributed by atoms with Crippen molar-refractivity contribution in [2.24, 2.45) is 0 Å². The normalized spacial score (nSPS) is 11.8. The van der Waals surface area contributed by atoms with Crippen LogP contribution < -0.4 is 4.74 Å². The number of rotatable bonds is 2. The Balaban J connectivity index is 2.08. The van der Waals surface area contributed by atoms with Crippen molar-refractivity contribution in [1.29, 1.82) is 0 Å². The number of halogens is 3. The highest BCUT2D eigenvalue weighted by Crippen LogP contribution is 2.31. The molecule has 0 aliphatic rings. The van der Waals surface area contributed by atoms with Crippen LogP contribution in [0.2, 0.25) is 0 Å². The number of nitrogens with zero attached hydrogens (tertiary/aromatic N) is 2. The highest BCUT2D eigenvalue weighted by atomic mass is 19.4. The fraction of sp³-hybridized carbons (Fsp3) is 0.133. The molecule has 0 aliphatic heterocycles.